The molecule has 0 radical (unpaired) electrons. The summed E-state index contributed by atoms with van der Waals surface area (Å²) in [5.41, 5.74) is 0.108. The van der Waals surface area contributed by atoms with E-state index in [4.69, 9.17) is 0 Å². The minimum absolute atomic E-state index is 0.0527. The Bertz CT molecular complexity index is 1140. The number of hydrogen-bond acceptors (Lipinski definition) is 4. The summed E-state index contributed by atoms with van der Waals surface area (Å²) >= 11 is 0. The molecule has 2 aliphatic carbocycles. The molecule has 3 aliphatic rings. The van der Waals surface area contributed by atoms with Crippen molar-refractivity contribution in [3.63, 3.8) is 0 Å². The summed E-state index contributed by atoms with van der Waals surface area (Å²) in [7, 11) is -3.97. The van der Waals surface area contributed by atoms with Crippen LogP contribution in [0.3, 0.4) is 0 Å². The van der Waals surface area contributed by atoms with E-state index in [1.54, 1.807) is 23.1 Å². The topological polar surface area (TPSA) is 95.6 Å². The Morgan fingerprint density at radius 1 is 1.03 bits per heavy atom. The zero-order chi connectivity index (χ0) is 22.3. The highest BCUT2D eigenvalue weighted by atomic mass is 32.2. The van der Waals surface area contributed by atoms with E-state index in [0.717, 1.165) is 31.2 Å². The molecule has 0 saturated heterocycles. The summed E-state index contributed by atoms with van der Waals surface area (Å²) in [6, 6.07) is 15.0. The van der Waals surface area contributed by atoms with Crippen molar-refractivity contribution < 1.29 is 18.0 Å². The fraction of sp³-hybridized carbons (Fsp3) is 0.417. The third-order valence-electron chi connectivity index (χ3n) is 6.71. The van der Waals surface area contributed by atoms with Crippen LogP contribution in [0.2, 0.25) is 0 Å². The highest BCUT2D eigenvalue weighted by Gasteiger charge is 2.54. The maximum atomic E-state index is 13.9. The third-order valence-corrected chi connectivity index (χ3v) is 8.32. The first-order valence-electron chi connectivity index (χ1n) is 11.2. The van der Waals surface area contributed by atoms with Gasteiger partial charge in [-0.15, -0.1) is 0 Å². The molecule has 32 heavy (non-hydrogen) atoms. The van der Waals surface area contributed by atoms with Crippen molar-refractivity contribution in [2.45, 2.75) is 67.6 Å². The molecule has 1 aliphatic heterocycles. The minimum atomic E-state index is -3.97. The van der Waals surface area contributed by atoms with Gasteiger partial charge in [-0.3, -0.25) is 9.59 Å². The lowest BCUT2D eigenvalue weighted by Gasteiger charge is -2.41. The Morgan fingerprint density at radius 2 is 1.69 bits per heavy atom. The van der Waals surface area contributed by atoms with Gasteiger partial charge in [0.25, 0.3) is 0 Å². The molecule has 7 nitrogen and oxygen atoms in total. The molecule has 1 unspecified atom stereocenters. The summed E-state index contributed by atoms with van der Waals surface area (Å²) in [5, 5.41) is 2.95. The second-order valence-electron chi connectivity index (χ2n) is 8.98. The lowest BCUT2D eigenvalue weighted by Crippen LogP contribution is -2.62. The second kappa shape index (κ2) is 8.01. The number of amides is 2. The number of sulfonamides is 1. The number of carbonyl (C=O) groups is 2. The van der Waals surface area contributed by atoms with Crippen LogP contribution in [-0.2, 0) is 26.2 Å². The van der Waals surface area contributed by atoms with Gasteiger partial charge in [0.15, 0.2) is 0 Å². The first-order valence-corrected chi connectivity index (χ1v) is 12.7. The molecule has 2 fully saturated rings. The van der Waals surface area contributed by atoms with Crippen LogP contribution in [0.4, 0.5) is 0 Å². The molecule has 0 aromatic heterocycles. The van der Waals surface area contributed by atoms with Gasteiger partial charge in [0.2, 0.25) is 21.8 Å². The smallest absolute Gasteiger partial charge is 0.247 e. The quantitative estimate of drug-likeness (QED) is 0.744. The molecule has 8 heteroatoms. The van der Waals surface area contributed by atoms with Crippen LogP contribution in [0.5, 0.6) is 0 Å². The number of fused-ring (bicyclic) bond motifs is 1. The van der Waals surface area contributed by atoms with Gasteiger partial charge in [-0.1, -0.05) is 61.4 Å². The van der Waals surface area contributed by atoms with Gasteiger partial charge in [0.05, 0.1) is 4.90 Å². The second-order valence-corrected chi connectivity index (χ2v) is 10.6. The zero-order valence-electron chi connectivity index (χ0n) is 17.8. The first-order chi connectivity index (χ1) is 15.4. The summed E-state index contributed by atoms with van der Waals surface area (Å²) in [5.74, 6) is -0.623. The Balaban J connectivity index is 1.60. The van der Waals surface area contributed by atoms with Crippen LogP contribution in [-0.4, -0.2) is 36.7 Å². The number of nitrogens with one attached hydrogen (secondary N) is 2. The van der Waals surface area contributed by atoms with Gasteiger partial charge in [0, 0.05) is 18.2 Å². The molecule has 2 aromatic rings. The minimum Gasteiger partial charge on any atom is -0.350 e. The van der Waals surface area contributed by atoms with Crippen molar-refractivity contribution >= 4 is 21.8 Å². The highest BCUT2D eigenvalue weighted by Crippen LogP contribution is 2.44. The molecule has 168 valence electrons. The van der Waals surface area contributed by atoms with E-state index < -0.39 is 21.6 Å². The standard InChI is InChI=1S/C24H27N3O4S/c28-22(25-16-17-8-2-1-3-9-17)21-19-10-4-5-11-20(19)32(30,31)26-24(14-6-7-15-24)23(29)27(21)18-12-13-18/h1-5,8-11,18,21,26H,6-7,12-16H2,(H,25,28). The number of nitrogens with zero attached hydrogens (tertiary/aromatic N) is 1. The maximum Gasteiger partial charge on any atom is 0.247 e. The SMILES string of the molecule is O=C(NCc1ccccc1)C1c2ccccc2S(=O)(=O)NC2(CCCC2)C(=O)N1C1CC1. The molecule has 1 atom stereocenters. The fourth-order valence-electron chi connectivity index (χ4n) is 4.99. The molecule has 2 aromatic carbocycles. The number of hydrogen-bond donors (Lipinski definition) is 2. The monoisotopic (exact) mass is 453 g/mol. The average molecular weight is 454 g/mol. The molecule has 5 rings (SSSR count). The predicted octanol–water partition coefficient (Wildman–Crippen LogP) is 2.64. The van der Waals surface area contributed by atoms with Crippen LogP contribution >= 0.6 is 0 Å². The van der Waals surface area contributed by atoms with E-state index in [1.807, 2.05) is 30.3 Å². The van der Waals surface area contributed by atoms with E-state index in [9.17, 15) is 18.0 Å². The van der Waals surface area contributed by atoms with Gasteiger partial charge >= 0.3 is 0 Å². The lowest BCUT2D eigenvalue weighted by atomic mass is 9.94. The summed E-state index contributed by atoms with van der Waals surface area (Å²) in [4.78, 5) is 29.2. The lowest BCUT2D eigenvalue weighted by molar-refractivity contribution is -0.146. The van der Waals surface area contributed by atoms with Crippen LogP contribution in [0.1, 0.15) is 55.7 Å². The van der Waals surface area contributed by atoms with Crippen molar-refractivity contribution in [3.8, 4) is 0 Å². The van der Waals surface area contributed by atoms with Crippen molar-refractivity contribution in [3.05, 3.63) is 65.7 Å². The molecule has 1 heterocycles. The largest absolute Gasteiger partial charge is 0.350 e. The number of rotatable bonds is 4. The van der Waals surface area contributed by atoms with Gasteiger partial charge < -0.3 is 10.2 Å². The van der Waals surface area contributed by atoms with Crippen molar-refractivity contribution in [2.75, 3.05) is 0 Å². The molecular weight excluding hydrogens is 426 g/mol. The fourth-order valence-corrected chi connectivity index (χ4v) is 6.66. The Hall–Kier alpha value is -2.71. The molecule has 2 amide bonds. The Morgan fingerprint density at radius 3 is 2.38 bits per heavy atom. The van der Waals surface area contributed by atoms with Crippen molar-refractivity contribution in [1.82, 2.24) is 14.9 Å². The molecular formula is C24H27N3O4S. The van der Waals surface area contributed by atoms with Crippen molar-refractivity contribution in [2.24, 2.45) is 0 Å². The van der Waals surface area contributed by atoms with E-state index in [1.165, 1.54) is 6.07 Å². The predicted molar refractivity (Wildman–Crippen MR) is 119 cm³/mol. The highest BCUT2D eigenvalue weighted by molar-refractivity contribution is 7.89. The molecule has 2 saturated carbocycles. The summed E-state index contributed by atoms with van der Waals surface area (Å²) in [6.07, 6.45) is 4.10. The van der Waals surface area contributed by atoms with E-state index in [0.29, 0.717) is 24.9 Å². The van der Waals surface area contributed by atoms with E-state index in [2.05, 4.69) is 10.0 Å². The van der Waals surface area contributed by atoms with Gasteiger partial charge in [-0.05, 0) is 37.3 Å². The number of benzene rings is 2. The summed E-state index contributed by atoms with van der Waals surface area (Å²) < 4.78 is 29.5. The number of carbonyl (C=O) groups excluding carboxylic acids is 2. The third kappa shape index (κ3) is 3.71. The molecule has 0 bridgehead atoms. The average Bonchev–Trinajstić information content (AvgIpc) is 3.53. The molecule has 2 N–H and O–H groups in total. The van der Waals surface area contributed by atoms with Gasteiger partial charge in [-0.25, -0.2) is 8.42 Å². The van der Waals surface area contributed by atoms with E-state index >= 15 is 0 Å². The van der Waals surface area contributed by atoms with Gasteiger partial charge in [0.1, 0.15) is 11.6 Å². The maximum absolute atomic E-state index is 13.9. The van der Waals surface area contributed by atoms with Crippen LogP contribution in [0, 0.1) is 0 Å². The Kier molecular flexibility index (Phi) is 5.29. The Labute approximate surface area is 188 Å². The first kappa shape index (κ1) is 21.2. The van der Waals surface area contributed by atoms with Crippen LogP contribution in [0.25, 0.3) is 0 Å². The van der Waals surface area contributed by atoms with E-state index in [-0.39, 0.29) is 22.8 Å². The van der Waals surface area contributed by atoms with Crippen LogP contribution in [0.15, 0.2) is 59.5 Å². The summed E-state index contributed by atoms with van der Waals surface area (Å²) in [6.45, 7) is 0.307. The zero-order valence-corrected chi connectivity index (χ0v) is 18.6. The van der Waals surface area contributed by atoms with Crippen molar-refractivity contribution in [1.29, 1.82) is 0 Å². The van der Waals surface area contributed by atoms with Crippen LogP contribution < -0.4 is 10.0 Å². The van der Waals surface area contributed by atoms with Gasteiger partial charge in [-0.2, -0.15) is 4.72 Å². The normalized spacial score (nSPS) is 23.9. The molecule has 1 spiro atoms.